The third-order valence-corrected chi connectivity index (χ3v) is 9.12. The van der Waals surface area contributed by atoms with Gasteiger partial charge in [0.15, 0.2) is 0 Å². The van der Waals surface area contributed by atoms with Gasteiger partial charge in [0.25, 0.3) is 0 Å². The van der Waals surface area contributed by atoms with E-state index in [0.717, 1.165) is 80.9 Å². The Morgan fingerprint density at radius 1 is 0.308 bits per heavy atom. The van der Waals surface area contributed by atoms with Gasteiger partial charge in [0.05, 0.1) is 57.4 Å². The van der Waals surface area contributed by atoms with Crippen LogP contribution in [0.5, 0.6) is 0 Å². The fraction of sp³-hybridized carbons (Fsp3) is 0.0870. The van der Waals surface area contributed by atoms with Crippen molar-refractivity contribution >= 4 is 0 Å². The molecule has 6 heteroatoms. The molecule has 0 N–H and O–H groups in total. The van der Waals surface area contributed by atoms with Crippen molar-refractivity contribution < 1.29 is 0 Å². The van der Waals surface area contributed by atoms with Crippen molar-refractivity contribution in [3.63, 3.8) is 0 Å². The predicted octanol–water partition coefficient (Wildman–Crippen LogP) is 9.54. The lowest BCUT2D eigenvalue weighted by Crippen LogP contribution is -2.12. The summed E-state index contributed by atoms with van der Waals surface area (Å²) in [6, 6.07) is 57.4. The molecule has 2 atom stereocenters. The third kappa shape index (κ3) is 7.42. The fourth-order valence-corrected chi connectivity index (χ4v) is 6.62. The van der Waals surface area contributed by atoms with Gasteiger partial charge < -0.3 is 0 Å². The van der Waals surface area contributed by atoms with Crippen LogP contribution in [-0.4, -0.2) is 29.9 Å². The molecule has 52 heavy (non-hydrogen) atoms. The zero-order valence-electron chi connectivity index (χ0n) is 28.6. The summed E-state index contributed by atoms with van der Waals surface area (Å²) in [5.41, 5.74) is 11.4. The summed E-state index contributed by atoms with van der Waals surface area (Å²) < 4.78 is 0. The van der Waals surface area contributed by atoms with Gasteiger partial charge in [-0.3, -0.25) is 29.9 Å². The Balaban J connectivity index is 1.08. The molecule has 0 fully saturated rings. The van der Waals surface area contributed by atoms with Gasteiger partial charge in [-0.2, -0.15) is 0 Å². The normalized spacial score (nSPS) is 12.2. The zero-order valence-corrected chi connectivity index (χ0v) is 28.6. The van der Waals surface area contributed by atoms with Crippen molar-refractivity contribution in [2.75, 3.05) is 0 Å². The first-order valence-corrected chi connectivity index (χ1v) is 17.6. The van der Waals surface area contributed by atoms with E-state index >= 15 is 0 Å². The summed E-state index contributed by atoms with van der Waals surface area (Å²) in [4.78, 5) is 30.2. The molecule has 0 aliphatic heterocycles. The molecular formula is C46H36N6. The maximum absolute atomic E-state index is 5.21. The van der Waals surface area contributed by atoms with Gasteiger partial charge in [-0.15, -0.1) is 0 Å². The molecule has 0 saturated heterocycles. The predicted molar refractivity (Wildman–Crippen MR) is 206 cm³/mol. The van der Waals surface area contributed by atoms with Crippen LogP contribution in [0.25, 0.3) is 22.5 Å². The Bertz CT molecular complexity index is 2200. The SMILES string of the molecule is c1ccc(-c2cccc([C@H](c3ccccn3)c3cccc(CCc4cccc([C@H](c5ccccn5)c5cccc(-c6ccccc6)n5)n4)n3)n2)cc1. The van der Waals surface area contributed by atoms with E-state index in [9.17, 15) is 0 Å². The first-order valence-electron chi connectivity index (χ1n) is 17.6. The van der Waals surface area contributed by atoms with E-state index in [0.29, 0.717) is 0 Å². The van der Waals surface area contributed by atoms with Gasteiger partial charge in [0, 0.05) is 34.9 Å². The van der Waals surface area contributed by atoms with E-state index < -0.39 is 0 Å². The van der Waals surface area contributed by atoms with E-state index in [-0.39, 0.29) is 11.8 Å². The minimum atomic E-state index is -0.218. The molecule has 8 aromatic rings. The van der Waals surface area contributed by atoms with Crippen LogP contribution >= 0.6 is 0 Å². The second-order valence-electron chi connectivity index (χ2n) is 12.6. The van der Waals surface area contributed by atoms with Crippen molar-refractivity contribution in [3.8, 4) is 22.5 Å². The number of hydrogen-bond donors (Lipinski definition) is 0. The highest BCUT2D eigenvalue weighted by molar-refractivity contribution is 5.60. The fourth-order valence-electron chi connectivity index (χ4n) is 6.62. The van der Waals surface area contributed by atoms with E-state index in [2.05, 4.69) is 84.9 Å². The molecule has 0 saturated carbocycles. The number of benzene rings is 2. The van der Waals surface area contributed by atoms with Crippen LogP contribution in [0.1, 0.15) is 57.4 Å². The molecule has 6 aromatic heterocycles. The van der Waals surface area contributed by atoms with Gasteiger partial charge in [-0.1, -0.05) is 97.1 Å². The Hall–Kier alpha value is -6.66. The summed E-state index contributed by atoms with van der Waals surface area (Å²) in [5.74, 6) is -0.436. The zero-order chi connectivity index (χ0) is 35.0. The Kier molecular flexibility index (Phi) is 9.69. The van der Waals surface area contributed by atoms with E-state index in [4.69, 9.17) is 29.9 Å². The van der Waals surface area contributed by atoms with E-state index in [1.165, 1.54) is 0 Å². The monoisotopic (exact) mass is 672 g/mol. The number of rotatable bonds is 11. The highest BCUT2D eigenvalue weighted by atomic mass is 14.8. The third-order valence-electron chi connectivity index (χ3n) is 9.12. The van der Waals surface area contributed by atoms with E-state index in [1.807, 2.05) is 97.3 Å². The molecule has 2 aromatic carbocycles. The van der Waals surface area contributed by atoms with Crippen molar-refractivity contribution in [2.45, 2.75) is 24.7 Å². The molecule has 6 nitrogen and oxygen atoms in total. The number of nitrogens with zero attached hydrogens (tertiary/aromatic N) is 6. The van der Waals surface area contributed by atoms with Crippen LogP contribution in [0.15, 0.2) is 182 Å². The van der Waals surface area contributed by atoms with Gasteiger partial charge in [-0.05, 0) is 85.6 Å². The van der Waals surface area contributed by atoms with Gasteiger partial charge in [-0.25, -0.2) is 0 Å². The van der Waals surface area contributed by atoms with Gasteiger partial charge >= 0.3 is 0 Å². The Morgan fingerprint density at radius 3 is 1.08 bits per heavy atom. The molecule has 0 radical (unpaired) electrons. The molecule has 6 heterocycles. The highest BCUT2D eigenvalue weighted by Crippen LogP contribution is 2.32. The van der Waals surface area contributed by atoms with Crippen LogP contribution in [0.3, 0.4) is 0 Å². The van der Waals surface area contributed by atoms with Crippen LogP contribution in [0.2, 0.25) is 0 Å². The maximum Gasteiger partial charge on any atom is 0.0858 e. The first kappa shape index (κ1) is 32.5. The molecule has 250 valence electrons. The van der Waals surface area contributed by atoms with Crippen molar-refractivity contribution in [3.05, 3.63) is 228 Å². The summed E-state index contributed by atoms with van der Waals surface area (Å²) in [6.07, 6.45) is 5.12. The standard InChI is InChI=1S/C46H36N6/c1-3-15-33(16-4-1)37-23-13-27-43(51-37)45(39-21-7-9-31-47-39)41-25-11-19-35(49-41)29-30-36-20-12-26-42(50-36)46(40-22-8-10-32-48-40)44-28-14-24-38(52-44)34-17-5-2-6-18-34/h1-28,31-32,45-46H,29-30H2/t45-,46+. The van der Waals surface area contributed by atoms with Crippen LogP contribution in [-0.2, 0) is 12.8 Å². The summed E-state index contributed by atoms with van der Waals surface area (Å²) in [7, 11) is 0. The van der Waals surface area contributed by atoms with Crippen LogP contribution in [0.4, 0.5) is 0 Å². The molecule has 0 bridgehead atoms. The Morgan fingerprint density at radius 2 is 0.673 bits per heavy atom. The van der Waals surface area contributed by atoms with Gasteiger partial charge in [0.2, 0.25) is 0 Å². The molecule has 0 aliphatic rings. The van der Waals surface area contributed by atoms with Crippen molar-refractivity contribution in [1.29, 1.82) is 0 Å². The number of pyridine rings is 6. The lowest BCUT2D eigenvalue weighted by Gasteiger charge is -2.18. The lowest BCUT2D eigenvalue weighted by molar-refractivity contribution is 0.793. The molecule has 0 spiro atoms. The minimum absolute atomic E-state index is 0.218. The largest absolute Gasteiger partial charge is 0.260 e. The summed E-state index contributed by atoms with van der Waals surface area (Å²) in [6.45, 7) is 0. The van der Waals surface area contributed by atoms with Crippen molar-refractivity contribution in [2.24, 2.45) is 0 Å². The smallest absolute Gasteiger partial charge is 0.0858 e. The molecule has 0 aliphatic carbocycles. The van der Waals surface area contributed by atoms with Crippen LogP contribution < -0.4 is 0 Å². The topological polar surface area (TPSA) is 77.3 Å². The van der Waals surface area contributed by atoms with Gasteiger partial charge in [0.1, 0.15) is 0 Å². The number of hydrogen-bond acceptors (Lipinski definition) is 6. The van der Waals surface area contributed by atoms with Crippen molar-refractivity contribution in [1.82, 2.24) is 29.9 Å². The minimum Gasteiger partial charge on any atom is -0.260 e. The molecule has 8 rings (SSSR count). The molecule has 0 amide bonds. The molecular weight excluding hydrogens is 637 g/mol. The second-order valence-corrected chi connectivity index (χ2v) is 12.6. The first-order chi connectivity index (χ1) is 25.8. The average Bonchev–Trinajstić information content (AvgIpc) is 3.22. The summed E-state index contributed by atoms with van der Waals surface area (Å²) in [5, 5.41) is 0. The van der Waals surface area contributed by atoms with Crippen LogP contribution in [0, 0.1) is 0 Å². The second kappa shape index (κ2) is 15.5. The van der Waals surface area contributed by atoms with E-state index in [1.54, 1.807) is 0 Å². The lowest BCUT2D eigenvalue weighted by atomic mass is 9.94. The highest BCUT2D eigenvalue weighted by Gasteiger charge is 2.23. The Labute approximate surface area is 304 Å². The summed E-state index contributed by atoms with van der Waals surface area (Å²) >= 11 is 0. The molecule has 0 unspecified atom stereocenters. The quantitative estimate of drug-likeness (QED) is 0.136. The average molecular weight is 673 g/mol. The number of aryl methyl sites for hydroxylation is 2. The number of aromatic nitrogens is 6. The maximum atomic E-state index is 5.21.